The van der Waals surface area contributed by atoms with E-state index in [0.717, 1.165) is 6.20 Å². The number of nitrogens with one attached hydrogen (secondary N) is 1. The third-order valence-corrected chi connectivity index (χ3v) is 2.12. The summed E-state index contributed by atoms with van der Waals surface area (Å²) >= 11 is 5.56. The molecule has 4 nitrogen and oxygen atoms in total. The first-order valence-corrected chi connectivity index (χ1v) is 4.86. The largest absolute Gasteiger partial charge is 0.465 e. The Labute approximate surface area is 102 Å². The average Bonchev–Trinajstić information content (AvgIpc) is 2.33. The maximum Gasteiger partial charge on any atom is 0.350 e. The van der Waals surface area contributed by atoms with Crippen LogP contribution in [0.15, 0.2) is 30.0 Å². The van der Waals surface area contributed by atoms with Gasteiger partial charge in [-0.3, -0.25) is 0 Å². The van der Waals surface area contributed by atoms with Crippen LogP contribution >= 0.6 is 11.6 Å². The summed E-state index contributed by atoms with van der Waals surface area (Å²) in [7, 11) is 1.17. The third kappa shape index (κ3) is 3.47. The second-order valence-corrected chi connectivity index (χ2v) is 3.34. The lowest BCUT2D eigenvalue weighted by Crippen LogP contribution is -2.05. The molecule has 17 heavy (non-hydrogen) atoms. The van der Waals surface area contributed by atoms with Crippen LogP contribution in [-0.4, -0.2) is 13.1 Å². The molecule has 0 aliphatic carbocycles. The van der Waals surface area contributed by atoms with Crippen molar-refractivity contribution < 1.29 is 13.9 Å². The number of carbonyl (C=O) groups is 1. The molecule has 0 atom stereocenters. The summed E-state index contributed by atoms with van der Waals surface area (Å²) in [5, 5.41) is 11.2. The Kier molecular flexibility index (Phi) is 4.49. The third-order valence-electron chi connectivity index (χ3n) is 1.83. The van der Waals surface area contributed by atoms with E-state index >= 15 is 0 Å². The number of ether oxygens (including phenoxy) is 1. The number of benzene rings is 1. The van der Waals surface area contributed by atoms with Gasteiger partial charge in [-0.25, -0.2) is 9.18 Å². The fourth-order valence-corrected chi connectivity index (χ4v) is 1.17. The van der Waals surface area contributed by atoms with Crippen molar-refractivity contribution in [3.8, 4) is 6.07 Å². The molecule has 0 heterocycles. The molecule has 0 amide bonds. The molecule has 0 saturated heterocycles. The number of nitriles is 1. The van der Waals surface area contributed by atoms with Crippen molar-refractivity contribution in [1.29, 1.82) is 5.26 Å². The molecule has 0 aliphatic heterocycles. The first kappa shape index (κ1) is 13.0. The van der Waals surface area contributed by atoms with Crippen molar-refractivity contribution >= 4 is 23.3 Å². The number of carbonyl (C=O) groups excluding carboxylic acids is 1. The number of hydrogen-bond acceptors (Lipinski definition) is 4. The standard InChI is InChI=1S/C11H8ClFN2O2/c1-17-11(16)7(5-14)6-15-8-2-3-10(13)9(12)4-8/h2-4,6,15H,1H3/b7-6-. The van der Waals surface area contributed by atoms with Crippen LogP contribution in [0.2, 0.25) is 5.02 Å². The van der Waals surface area contributed by atoms with E-state index in [4.69, 9.17) is 16.9 Å². The van der Waals surface area contributed by atoms with Crippen LogP contribution < -0.4 is 5.32 Å². The van der Waals surface area contributed by atoms with Crippen LogP contribution in [0.25, 0.3) is 0 Å². The minimum Gasteiger partial charge on any atom is -0.465 e. The summed E-state index contributed by atoms with van der Waals surface area (Å²) in [5.74, 6) is -1.30. The number of rotatable bonds is 3. The molecule has 88 valence electrons. The predicted molar refractivity (Wildman–Crippen MR) is 60.7 cm³/mol. The van der Waals surface area contributed by atoms with Gasteiger partial charge in [0.2, 0.25) is 0 Å². The zero-order valence-corrected chi connectivity index (χ0v) is 9.58. The number of anilines is 1. The van der Waals surface area contributed by atoms with Crippen LogP contribution in [0, 0.1) is 17.1 Å². The molecule has 1 aromatic rings. The van der Waals surface area contributed by atoms with Gasteiger partial charge < -0.3 is 10.1 Å². The van der Waals surface area contributed by atoms with E-state index in [9.17, 15) is 9.18 Å². The molecule has 0 aliphatic rings. The summed E-state index contributed by atoms with van der Waals surface area (Å²) in [6, 6.07) is 5.59. The highest BCUT2D eigenvalue weighted by atomic mass is 35.5. The Morgan fingerprint density at radius 2 is 2.35 bits per heavy atom. The van der Waals surface area contributed by atoms with Gasteiger partial charge in [0.05, 0.1) is 12.1 Å². The van der Waals surface area contributed by atoms with E-state index in [1.807, 2.05) is 0 Å². The van der Waals surface area contributed by atoms with Crippen molar-refractivity contribution in [2.24, 2.45) is 0 Å². The van der Waals surface area contributed by atoms with E-state index in [-0.39, 0.29) is 10.6 Å². The van der Waals surface area contributed by atoms with Gasteiger partial charge in [0.15, 0.2) is 5.57 Å². The first-order chi connectivity index (χ1) is 8.08. The number of esters is 1. The molecule has 0 fully saturated rings. The minimum absolute atomic E-state index is 0.0556. The van der Waals surface area contributed by atoms with Crippen molar-refractivity contribution in [3.63, 3.8) is 0 Å². The van der Waals surface area contributed by atoms with E-state index < -0.39 is 11.8 Å². The molecule has 0 radical (unpaired) electrons. The molecule has 0 spiro atoms. The SMILES string of the molecule is COC(=O)/C(C#N)=C\Nc1ccc(F)c(Cl)c1. The monoisotopic (exact) mass is 254 g/mol. The number of methoxy groups -OCH3 is 1. The molecule has 0 aromatic heterocycles. The van der Waals surface area contributed by atoms with Gasteiger partial charge in [0, 0.05) is 11.9 Å². The normalized spacial score (nSPS) is 10.6. The summed E-state index contributed by atoms with van der Waals surface area (Å²) in [4.78, 5) is 11.0. The van der Waals surface area contributed by atoms with Crippen LogP contribution in [0.3, 0.4) is 0 Å². The molecule has 1 N–H and O–H groups in total. The van der Waals surface area contributed by atoms with Crippen LogP contribution in [0.4, 0.5) is 10.1 Å². The van der Waals surface area contributed by atoms with E-state index in [1.165, 1.54) is 25.3 Å². The Hall–Kier alpha value is -2.06. The van der Waals surface area contributed by atoms with Crippen LogP contribution in [0.1, 0.15) is 0 Å². The predicted octanol–water partition coefficient (Wildman–Crippen LogP) is 2.47. The van der Waals surface area contributed by atoms with Gasteiger partial charge in [0.25, 0.3) is 0 Å². The topological polar surface area (TPSA) is 62.1 Å². The minimum atomic E-state index is -0.756. The maximum absolute atomic E-state index is 12.8. The highest BCUT2D eigenvalue weighted by Gasteiger charge is 2.08. The molecule has 0 unspecified atom stereocenters. The Morgan fingerprint density at radius 3 is 2.88 bits per heavy atom. The van der Waals surface area contributed by atoms with Gasteiger partial charge in [-0.05, 0) is 18.2 Å². The highest BCUT2D eigenvalue weighted by Crippen LogP contribution is 2.19. The fraction of sp³-hybridized carbons (Fsp3) is 0.0909. The lowest BCUT2D eigenvalue weighted by Gasteiger charge is -2.02. The van der Waals surface area contributed by atoms with E-state index in [1.54, 1.807) is 6.07 Å². The zero-order chi connectivity index (χ0) is 12.8. The Bertz CT molecular complexity index is 509. The summed E-state index contributed by atoms with van der Waals surface area (Å²) in [6.07, 6.45) is 1.16. The quantitative estimate of drug-likeness (QED) is 0.511. The second-order valence-electron chi connectivity index (χ2n) is 2.93. The number of nitrogens with zero attached hydrogens (tertiary/aromatic N) is 1. The lowest BCUT2D eigenvalue weighted by atomic mass is 10.3. The van der Waals surface area contributed by atoms with Gasteiger partial charge >= 0.3 is 5.97 Å². The van der Waals surface area contributed by atoms with Crippen molar-refractivity contribution in [2.45, 2.75) is 0 Å². The summed E-state index contributed by atoms with van der Waals surface area (Å²) in [5.41, 5.74) is 0.251. The molecular weight excluding hydrogens is 247 g/mol. The molecular formula is C11H8ClFN2O2. The van der Waals surface area contributed by atoms with Crippen LogP contribution in [0.5, 0.6) is 0 Å². The molecule has 6 heteroatoms. The Balaban J connectivity index is 2.85. The lowest BCUT2D eigenvalue weighted by molar-refractivity contribution is -0.135. The smallest absolute Gasteiger partial charge is 0.350 e. The molecule has 0 saturated carbocycles. The van der Waals surface area contributed by atoms with Crippen molar-refractivity contribution in [1.82, 2.24) is 0 Å². The van der Waals surface area contributed by atoms with Crippen LogP contribution in [-0.2, 0) is 9.53 Å². The second kappa shape index (κ2) is 5.87. The van der Waals surface area contributed by atoms with Gasteiger partial charge in [-0.2, -0.15) is 5.26 Å². The van der Waals surface area contributed by atoms with Gasteiger partial charge in [0.1, 0.15) is 11.9 Å². The zero-order valence-electron chi connectivity index (χ0n) is 8.83. The number of halogens is 2. The highest BCUT2D eigenvalue weighted by molar-refractivity contribution is 6.31. The molecule has 0 bridgehead atoms. The van der Waals surface area contributed by atoms with Gasteiger partial charge in [-0.1, -0.05) is 11.6 Å². The fourth-order valence-electron chi connectivity index (χ4n) is 0.988. The first-order valence-electron chi connectivity index (χ1n) is 4.48. The van der Waals surface area contributed by atoms with Gasteiger partial charge in [-0.15, -0.1) is 0 Å². The maximum atomic E-state index is 12.8. The number of hydrogen-bond donors (Lipinski definition) is 1. The Morgan fingerprint density at radius 1 is 1.65 bits per heavy atom. The van der Waals surface area contributed by atoms with E-state index in [0.29, 0.717) is 5.69 Å². The molecule has 1 aromatic carbocycles. The van der Waals surface area contributed by atoms with Crippen molar-refractivity contribution in [3.05, 3.63) is 40.8 Å². The van der Waals surface area contributed by atoms with E-state index in [2.05, 4.69) is 10.1 Å². The summed E-state index contributed by atoms with van der Waals surface area (Å²) in [6.45, 7) is 0. The molecule has 1 rings (SSSR count). The summed E-state index contributed by atoms with van der Waals surface area (Å²) < 4.78 is 17.2. The average molecular weight is 255 g/mol. The van der Waals surface area contributed by atoms with Crippen molar-refractivity contribution in [2.75, 3.05) is 12.4 Å².